The normalized spacial score (nSPS) is 13.9. The molecule has 0 bridgehead atoms. The summed E-state index contributed by atoms with van der Waals surface area (Å²) in [6, 6.07) is 3.17. The molecule has 4 rings (SSSR count). The van der Waals surface area contributed by atoms with E-state index < -0.39 is 13.0 Å². The van der Waals surface area contributed by atoms with Gasteiger partial charge in [-0.15, -0.1) is 0 Å². The minimum Gasteiger partial charge on any atom is -0.459 e. The first-order valence-corrected chi connectivity index (χ1v) is 10.4. The van der Waals surface area contributed by atoms with Crippen molar-refractivity contribution in [3.8, 4) is 28.4 Å². The number of nitrogens with two attached hydrogens (primary N) is 1. The van der Waals surface area contributed by atoms with Gasteiger partial charge in [0.15, 0.2) is 11.6 Å². The van der Waals surface area contributed by atoms with Gasteiger partial charge in [-0.05, 0) is 31.9 Å². The molecular formula is C21H25FN8O3. The summed E-state index contributed by atoms with van der Waals surface area (Å²) in [6.07, 6.45) is 4.80. The first kappa shape index (κ1) is 22.2. The third kappa shape index (κ3) is 5.27. The largest absolute Gasteiger partial charge is 0.459 e. The van der Waals surface area contributed by atoms with Crippen molar-refractivity contribution in [1.29, 1.82) is 0 Å². The van der Waals surface area contributed by atoms with E-state index in [1.54, 1.807) is 24.5 Å². The Hall–Kier alpha value is -3.96. The summed E-state index contributed by atoms with van der Waals surface area (Å²) in [5.74, 6) is 1.85. The fourth-order valence-electron chi connectivity index (χ4n) is 3.23. The molecule has 0 aliphatic heterocycles. The molecule has 1 atom stereocenters. The van der Waals surface area contributed by atoms with E-state index in [4.69, 9.17) is 15.5 Å². The molecule has 1 unspecified atom stereocenters. The molecule has 1 fully saturated rings. The number of pyridine rings is 1. The zero-order chi connectivity index (χ0) is 23.4. The molecule has 3 aromatic heterocycles. The van der Waals surface area contributed by atoms with E-state index in [0.29, 0.717) is 41.1 Å². The van der Waals surface area contributed by atoms with Crippen LogP contribution in [0, 0.1) is 0 Å². The van der Waals surface area contributed by atoms with Gasteiger partial charge in [0, 0.05) is 36.5 Å². The highest BCUT2D eigenvalue weighted by Gasteiger charge is 2.29. The Balaban J connectivity index is 1.62. The van der Waals surface area contributed by atoms with Crippen molar-refractivity contribution in [2.24, 2.45) is 0 Å². The first-order chi connectivity index (χ1) is 16.0. The van der Waals surface area contributed by atoms with Crippen LogP contribution in [0.2, 0.25) is 0 Å². The molecule has 1 saturated carbocycles. The Kier molecular flexibility index (Phi) is 6.52. The standard InChI is InChI=1S/C21H25FN8O3/c1-11(27-21(31)32-2)8-26-20-24-6-5-14(28-20)17-16(29-19(30-17)12-3-4-12)13-7-15(33-10-22)18(23)25-9-13/h5-7,9,11-12H,3-4,8,10H2,1-2H3,(H2,23,25)(H,27,31)(H,29,30)(H,24,26,28). The molecule has 0 saturated heterocycles. The predicted octanol–water partition coefficient (Wildman–Crippen LogP) is 2.85. The fourth-order valence-corrected chi connectivity index (χ4v) is 3.23. The van der Waals surface area contributed by atoms with Gasteiger partial charge >= 0.3 is 6.09 Å². The van der Waals surface area contributed by atoms with E-state index in [1.165, 1.54) is 7.11 Å². The molecule has 1 aliphatic carbocycles. The molecule has 0 spiro atoms. The van der Waals surface area contributed by atoms with E-state index in [-0.39, 0.29) is 17.6 Å². The SMILES string of the molecule is COC(=O)NC(C)CNc1nccc(-c2[nH]c(C3CC3)nc2-c2cnc(N)c(OCF)c2)n1. The van der Waals surface area contributed by atoms with Crippen LogP contribution in [0.1, 0.15) is 31.5 Å². The number of anilines is 2. The Morgan fingerprint density at radius 3 is 2.91 bits per heavy atom. The van der Waals surface area contributed by atoms with E-state index in [1.807, 2.05) is 6.92 Å². The van der Waals surface area contributed by atoms with Gasteiger partial charge in [0.25, 0.3) is 0 Å². The van der Waals surface area contributed by atoms with E-state index in [9.17, 15) is 9.18 Å². The number of ether oxygens (including phenoxy) is 2. The second-order valence-electron chi connectivity index (χ2n) is 7.66. The van der Waals surface area contributed by atoms with Crippen LogP contribution in [-0.2, 0) is 4.74 Å². The second-order valence-corrected chi connectivity index (χ2v) is 7.66. The first-order valence-electron chi connectivity index (χ1n) is 10.4. The maximum Gasteiger partial charge on any atom is 0.407 e. The van der Waals surface area contributed by atoms with Crippen LogP contribution in [0.4, 0.5) is 21.0 Å². The highest BCUT2D eigenvalue weighted by Crippen LogP contribution is 2.42. The van der Waals surface area contributed by atoms with Crippen LogP contribution < -0.4 is 21.1 Å². The van der Waals surface area contributed by atoms with Crippen LogP contribution in [0.5, 0.6) is 5.75 Å². The molecule has 12 heteroatoms. The summed E-state index contributed by atoms with van der Waals surface area (Å²) in [6.45, 7) is 1.21. The van der Waals surface area contributed by atoms with Crippen LogP contribution in [0.25, 0.3) is 22.6 Å². The van der Waals surface area contributed by atoms with Crippen molar-refractivity contribution in [3.05, 3.63) is 30.4 Å². The Morgan fingerprint density at radius 1 is 1.36 bits per heavy atom. The number of H-pyrrole nitrogens is 1. The molecule has 0 aromatic carbocycles. The Labute approximate surface area is 189 Å². The van der Waals surface area contributed by atoms with Crippen molar-refractivity contribution in [3.63, 3.8) is 0 Å². The van der Waals surface area contributed by atoms with Gasteiger partial charge in [0.2, 0.25) is 12.8 Å². The van der Waals surface area contributed by atoms with Crippen molar-refractivity contribution >= 4 is 17.9 Å². The number of amides is 1. The van der Waals surface area contributed by atoms with Gasteiger partial charge in [-0.25, -0.2) is 29.1 Å². The Bertz CT molecular complexity index is 1130. The summed E-state index contributed by atoms with van der Waals surface area (Å²) < 4.78 is 22.3. The number of nitrogen functional groups attached to an aromatic ring is 1. The molecule has 3 heterocycles. The van der Waals surface area contributed by atoms with E-state index >= 15 is 0 Å². The lowest BCUT2D eigenvalue weighted by Crippen LogP contribution is -2.37. The number of hydrogen-bond acceptors (Lipinski definition) is 9. The molecule has 5 N–H and O–H groups in total. The Morgan fingerprint density at radius 2 is 2.18 bits per heavy atom. The number of methoxy groups -OCH3 is 1. The average molecular weight is 456 g/mol. The smallest absolute Gasteiger partial charge is 0.407 e. The molecule has 0 radical (unpaired) electrons. The van der Waals surface area contributed by atoms with Crippen molar-refractivity contribution < 1.29 is 18.7 Å². The number of nitrogens with zero attached hydrogens (tertiary/aromatic N) is 4. The topological polar surface area (TPSA) is 153 Å². The summed E-state index contributed by atoms with van der Waals surface area (Å²) in [4.78, 5) is 32.5. The highest BCUT2D eigenvalue weighted by molar-refractivity contribution is 5.78. The number of aromatic nitrogens is 5. The van der Waals surface area contributed by atoms with Gasteiger partial charge in [0.1, 0.15) is 5.82 Å². The van der Waals surface area contributed by atoms with Crippen molar-refractivity contribution in [2.75, 3.05) is 31.6 Å². The number of halogens is 1. The average Bonchev–Trinajstić information content (AvgIpc) is 3.58. The number of carbonyl (C=O) groups excluding carboxylic acids is 1. The van der Waals surface area contributed by atoms with E-state index in [0.717, 1.165) is 18.7 Å². The van der Waals surface area contributed by atoms with Gasteiger partial charge in [-0.1, -0.05) is 0 Å². The maximum atomic E-state index is 12.7. The van der Waals surface area contributed by atoms with Crippen LogP contribution in [-0.4, -0.2) is 57.6 Å². The monoisotopic (exact) mass is 456 g/mol. The summed E-state index contributed by atoms with van der Waals surface area (Å²) in [5.41, 5.74) is 8.31. The molecule has 3 aromatic rings. The van der Waals surface area contributed by atoms with Crippen LogP contribution >= 0.6 is 0 Å². The van der Waals surface area contributed by atoms with Gasteiger partial charge in [-0.2, -0.15) is 0 Å². The number of aromatic amines is 1. The van der Waals surface area contributed by atoms with Crippen molar-refractivity contribution in [1.82, 2.24) is 30.2 Å². The van der Waals surface area contributed by atoms with Crippen LogP contribution in [0.3, 0.4) is 0 Å². The van der Waals surface area contributed by atoms with Gasteiger partial charge in [0.05, 0.1) is 24.2 Å². The number of nitrogens with one attached hydrogen (secondary N) is 3. The number of hydrogen-bond donors (Lipinski definition) is 4. The van der Waals surface area contributed by atoms with Gasteiger partial charge < -0.3 is 30.8 Å². The minimum atomic E-state index is -1.01. The zero-order valence-corrected chi connectivity index (χ0v) is 18.3. The lowest BCUT2D eigenvalue weighted by Gasteiger charge is -2.14. The molecule has 1 aliphatic rings. The van der Waals surface area contributed by atoms with Crippen LogP contribution in [0.15, 0.2) is 24.5 Å². The molecule has 33 heavy (non-hydrogen) atoms. The third-order valence-corrected chi connectivity index (χ3v) is 5.08. The summed E-state index contributed by atoms with van der Waals surface area (Å²) >= 11 is 0. The zero-order valence-electron chi connectivity index (χ0n) is 18.3. The van der Waals surface area contributed by atoms with Crippen molar-refractivity contribution in [2.45, 2.75) is 31.7 Å². The minimum absolute atomic E-state index is 0.0964. The number of alkyl carbamates (subject to hydrolysis) is 1. The molecule has 1 amide bonds. The number of imidazole rings is 1. The predicted molar refractivity (Wildman–Crippen MR) is 119 cm³/mol. The van der Waals surface area contributed by atoms with Gasteiger partial charge in [-0.3, -0.25) is 0 Å². The molecule has 174 valence electrons. The summed E-state index contributed by atoms with van der Waals surface area (Å²) in [5, 5.41) is 5.77. The highest BCUT2D eigenvalue weighted by atomic mass is 19.1. The third-order valence-electron chi connectivity index (χ3n) is 5.08. The van der Waals surface area contributed by atoms with E-state index in [2.05, 4.69) is 35.3 Å². The lowest BCUT2D eigenvalue weighted by molar-refractivity contribution is 0.168. The second kappa shape index (κ2) is 9.67. The quantitative estimate of drug-likeness (QED) is 0.381. The number of rotatable bonds is 9. The maximum absolute atomic E-state index is 12.7. The number of carbonyl (C=O) groups is 1. The fraction of sp³-hybridized carbons (Fsp3) is 0.381. The molecular weight excluding hydrogens is 431 g/mol. The molecule has 11 nitrogen and oxygen atoms in total. The summed E-state index contributed by atoms with van der Waals surface area (Å²) in [7, 11) is 1.31. The lowest BCUT2D eigenvalue weighted by atomic mass is 10.1. The number of alkyl halides is 1.